The van der Waals surface area contributed by atoms with Crippen LogP contribution in [0.3, 0.4) is 0 Å². The molecule has 0 bridgehead atoms. The highest BCUT2D eigenvalue weighted by atomic mass is 35.5. The fourth-order valence-electron chi connectivity index (χ4n) is 4.84. The van der Waals surface area contributed by atoms with E-state index < -0.39 is 12.1 Å². The molecule has 1 heterocycles. The van der Waals surface area contributed by atoms with Gasteiger partial charge in [0.05, 0.1) is 40.5 Å². The normalized spacial score (nSPS) is 11.7. The largest absolute Gasteiger partial charge is 0.495 e. The van der Waals surface area contributed by atoms with Crippen LogP contribution in [0.5, 0.6) is 5.75 Å². The van der Waals surface area contributed by atoms with Crippen molar-refractivity contribution in [3.8, 4) is 11.4 Å². The highest BCUT2D eigenvalue weighted by Crippen LogP contribution is 2.32. The molecule has 1 aromatic heterocycles. The molecule has 1 atom stereocenters. The molecule has 2 amide bonds. The van der Waals surface area contributed by atoms with Gasteiger partial charge in [-0.05, 0) is 54.4 Å². The fraction of sp³-hybridized carbons (Fsp3) is 0.156. The molecule has 208 valence electrons. The van der Waals surface area contributed by atoms with Gasteiger partial charge in [-0.25, -0.2) is 9.78 Å². The molecule has 0 aliphatic carbocycles. The van der Waals surface area contributed by atoms with Gasteiger partial charge >= 0.3 is 6.03 Å². The summed E-state index contributed by atoms with van der Waals surface area (Å²) in [4.78, 5) is 34.8. The molecule has 9 heteroatoms. The Hall–Kier alpha value is -4.33. The first kappa shape index (κ1) is 28.2. The van der Waals surface area contributed by atoms with E-state index in [9.17, 15) is 9.59 Å². The van der Waals surface area contributed by atoms with Crippen LogP contribution in [0.15, 0.2) is 102 Å². The minimum absolute atomic E-state index is 0.255. The van der Waals surface area contributed by atoms with Crippen LogP contribution in [0.1, 0.15) is 30.8 Å². The Morgan fingerprint density at radius 2 is 1.68 bits per heavy atom. The second-order valence-corrected chi connectivity index (χ2v) is 10.2. The van der Waals surface area contributed by atoms with E-state index >= 15 is 0 Å². The average molecular weight is 588 g/mol. The topological polar surface area (TPSA) is 76.5 Å². The standard InChI is InChI=1S/C32H28Cl2N4O3/c1-3-27(37(20-21-11-5-4-6-12-21)32(40)36-26-18-17-22(33)19-24(26)34)30-35-25-14-8-7-13-23(25)31(39)38(30)28-15-9-10-16-29(28)41-2/h4-19,27H,3,20H2,1-2H3,(H,36,40). The van der Waals surface area contributed by atoms with Crippen LogP contribution in [0, 0.1) is 0 Å². The van der Waals surface area contributed by atoms with Crippen molar-refractivity contribution in [2.24, 2.45) is 0 Å². The van der Waals surface area contributed by atoms with Crippen LogP contribution >= 0.6 is 23.2 Å². The lowest BCUT2D eigenvalue weighted by Crippen LogP contribution is -2.40. The summed E-state index contributed by atoms with van der Waals surface area (Å²) in [6.07, 6.45) is 0.467. The van der Waals surface area contributed by atoms with E-state index in [-0.39, 0.29) is 12.1 Å². The molecule has 0 spiro atoms. The van der Waals surface area contributed by atoms with E-state index in [0.29, 0.717) is 50.3 Å². The molecule has 0 fully saturated rings. The van der Waals surface area contributed by atoms with E-state index in [0.717, 1.165) is 5.56 Å². The number of fused-ring (bicyclic) bond motifs is 1. The van der Waals surface area contributed by atoms with Gasteiger partial charge in [0, 0.05) is 11.6 Å². The van der Waals surface area contributed by atoms with Gasteiger partial charge in [-0.3, -0.25) is 9.36 Å². The number of para-hydroxylation sites is 3. The van der Waals surface area contributed by atoms with Crippen LogP contribution in [0.2, 0.25) is 10.0 Å². The Balaban J connectivity index is 1.70. The van der Waals surface area contributed by atoms with Gasteiger partial charge in [0.2, 0.25) is 0 Å². The van der Waals surface area contributed by atoms with Crippen molar-refractivity contribution in [2.45, 2.75) is 25.9 Å². The number of rotatable bonds is 8. The molecule has 7 nitrogen and oxygen atoms in total. The smallest absolute Gasteiger partial charge is 0.322 e. The van der Waals surface area contributed by atoms with E-state index in [4.69, 9.17) is 32.9 Å². The van der Waals surface area contributed by atoms with Gasteiger partial charge in [0.25, 0.3) is 5.56 Å². The number of hydrogen-bond acceptors (Lipinski definition) is 4. The maximum absolute atomic E-state index is 14.1. The lowest BCUT2D eigenvalue weighted by Gasteiger charge is -2.33. The first-order valence-electron chi connectivity index (χ1n) is 13.1. The minimum Gasteiger partial charge on any atom is -0.495 e. The summed E-state index contributed by atoms with van der Waals surface area (Å²) >= 11 is 12.5. The monoisotopic (exact) mass is 586 g/mol. The number of halogens is 2. The predicted octanol–water partition coefficient (Wildman–Crippen LogP) is 7.89. The number of amides is 2. The van der Waals surface area contributed by atoms with Crippen LogP contribution in [-0.2, 0) is 6.54 Å². The second-order valence-electron chi connectivity index (χ2n) is 9.39. The third-order valence-corrected chi connectivity index (χ3v) is 7.37. The summed E-state index contributed by atoms with van der Waals surface area (Å²) in [5.74, 6) is 0.920. The molecule has 0 aliphatic heterocycles. The minimum atomic E-state index is -0.608. The van der Waals surface area contributed by atoms with Crippen LogP contribution < -0.4 is 15.6 Å². The summed E-state index contributed by atoms with van der Waals surface area (Å²) in [5, 5.41) is 4.17. The first-order valence-corrected chi connectivity index (χ1v) is 13.9. The number of carbonyl (C=O) groups is 1. The average Bonchev–Trinajstić information content (AvgIpc) is 2.99. The predicted molar refractivity (Wildman–Crippen MR) is 164 cm³/mol. The Bertz CT molecular complexity index is 1760. The summed E-state index contributed by atoms with van der Waals surface area (Å²) < 4.78 is 7.19. The van der Waals surface area contributed by atoms with Crippen molar-refractivity contribution < 1.29 is 9.53 Å². The number of nitrogens with zero attached hydrogens (tertiary/aromatic N) is 3. The van der Waals surface area contributed by atoms with Crippen molar-refractivity contribution in [1.29, 1.82) is 0 Å². The van der Waals surface area contributed by atoms with E-state index in [1.807, 2.05) is 61.5 Å². The summed E-state index contributed by atoms with van der Waals surface area (Å²) in [6.45, 7) is 2.21. The van der Waals surface area contributed by atoms with Crippen molar-refractivity contribution in [3.05, 3.63) is 129 Å². The van der Waals surface area contributed by atoms with Gasteiger partial charge in [0.15, 0.2) is 0 Å². The van der Waals surface area contributed by atoms with E-state index in [1.54, 1.807) is 59.0 Å². The number of aromatic nitrogens is 2. The molecule has 0 saturated carbocycles. The molecular weight excluding hydrogens is 559 g/mol. The van der Waals surface area contributed by atoms with Gasteiger partial charge in [-0.15, -0.1) is 0 Å². The molecule has 4 aromatic carbocycles. The van der Waals surface area contributed by atoms with Crippen molar-refractivity contribution in [2.75, 3.05) is 12.4 Å². The van der Waals surface area contributed by atoms with Crippen molar-refractivity contribution >= 4 is 45.8 Å². The highest BCUT2D eigenvalue weighted by Gasteiger charge is 2.30. The van der Waals surface area contributed by atoms with Crippen molar-refractivity contribution in [1.82, 2.24) is 14.5 Å². The van der Waals surface area contributed by atoms with Crippen LogP contribution in [0.4, 0.5) is 10.5 Å². The molecule has 0 saturated heterocycles. The number of urea groups is 1. The number of methoxy groups -OCH3 is 1. The number of hydrogen-bond donors (Lipinski definition) is 1. The third kappa shape index (κ3) is 5.92. The van der Waals surface area contributed by atoms with Crippen LogP contribution in [0.25, 0.3) is 16.6 Å². The zero-order valence-electron chi connectivity index (χ0n) is 22.6. The lowest BCUT2D eigenvalue weighted by atomic mass is 10.1. The van der Waals surface area contributed by atoms with E-state index in [1.165, 1.54) is 0 Å². The lowest BCUT2D eigenvalue weighted by molar-refractivity contribution is 0.177. The maximum atomic E-state index is 14.1. The third-order valence-electron chi connectivity index (χ3n) is 6.82. The molecule has 41 heavy (non-hydrogen) atoms. The number of benzene rings is 4. The quantitative estimate of drug-likeness (QED) is 0.200. The number of anilines is 1. The molecular formula is C32H28Cl2N4O3. The van der Waals surface area contributed by atoms with Crippen molar-refractivity contribution in [3.63, 3.8) is 0 Å². The molecule has 1 unspecified atom stereocenters. The SMILES string of the molecule is CCC(c1nc2ccccc2c(=O)n1-c1ccccc1OC)N(Cc1ccccc1)C(=O)Nc1ccc(Cl)cc1Cl. The highest BCUT2D eigenvalue weighted by molar-refractivity contribution is 6.36. The zero-order valence-corrected chi connectivity index (χ0v) is 24.1. The Morgan fingerprint density at radius 1 is 0.976 bits per heavy atom. The molecule has 1 N–H and O–H groups in total. The Labute approximate surface area is 247 Å². The Kier molecular flexibility index (Phi) is 8.57. The molecule has 0 radical (unpaired) electrons. The van der Waals surface area contributed by atoms with Gasteiger partial charge in [-0.2, -0.15) is 0 Å². The summed E-state index contributed by atoms with van der Waals surface area (Å²) in [5.41, 5.74) is 2.15. The van der Waals surface area contributed by atoms with Crippen LogP contribution in [-0.4, -0.2) is 27.6 Å². The van der Waals surface area contributed by atoms with Gasteiger partial charge < -0.3 is 15.0 Å². The molecule has 0 aliphatic rings. The van der Waals surface area contributed by atoms with Gasteiger partial charge in [-0.1, -0.05) is 84.7 Å². The summed E-state index contributed by atoms with van der Waals surface area (Å²) in [6, 6.07) is 28.0. The zero-order chi connectivity index (χ0) is 28.9. The number of carbonyl (C=O) groups excluding carboxylic acids is 1. The van der Waals surface area contributed by atoms with Gasteiger partial charge in [0.1, 0.15) is 11.6 Å². The fourth-order valence-corrected chi connectivity index (χ4v) is 5.30. The first-order chi connectivity index (χ1) is 19.9. The number of ether oxygens (including phenoxy) is 1. The Morgan fingerprint density at radius 3 is 2.41 bits per heavy atom. The number of nitrogens with one attached hydrogen (secondary N) is 1. The summed E-state index contributed by atoms with van der Waals surface area (Å²) in [7, 11) is 1.56. The molecule has 5 aromatic rings. The second kappa shape index (κ2) is 12.5. The maximum Gasteiger partial charge on any atom is 0.322 e. The molecule has 5 rings (SSSR count). The van der Waals surface area contributed by atoms with E-state index in [2.05, 4.69) is 5.32 Å².